The standard InChI is InChI=1S/C22H33N3O2/c1-22(17-20(26)24-19-15-11-12-16-25(19)22)21(27)23-18-13-9-7-5-3-2-4-6-8-10-14-18/h11-12,15-16,18H,2-10,13-14,17H2,1H3,(H,23,27). The van der Waals surface area contributed by atoms with Gasteiger partial charge in [-0.2, -0.15) is 4.99 Å². The molecule has 1 saturated carbocycles. The van der Waals surface area contributed by atoms with Crippen LogP contribution in [0.3, 0.4) is 0 Å². The number of hydrogen-bond acceptors (Lipinski definition) is 3. The molecule has 0 saturated heterocycles. The van der Waals surface area contributed by atoms with Crippen LogP contribution in [0.5, 0.6) is 0 Å². The van der Waals surface area contributed by atoms with E-state index in [1.54, 1.807) is 6.08 Å². The van der Waals surface area contributed by atoms with Crippen LogP contribution in [0.25, 0.3) is 0 Å². The molecule has 5 heteroatoms. The minimum atomic E-state index is -0.904. The van der Waals surface area contributed by atoms with Gasteiger partial charge in [0, 0.05) is 12.2 Å². The van der Waals surface area contributed by atoms with Gasteiger partial charge in [-0.05, 0) is 31.9 Å². The van der Waals surface area contributed by atoms with E-state index >= 15 is 0 Å². The first-order valence-corrected chi connectivity index (χ1v) is 10.7. The number of aliphatic imine (C=N–C) groups is 1. The maximum atomic E-state index is 13.2. The van der Waals surface area contributed by atoms with Gasteiger partial charge >= 0.3 is 0 Å². The minimum absolute atomic E-state index is 0.0553. The fraction of sp³-hybridized carbons (Fsp3) is 0.682. The highest BCUT2D eigenvalue weighted by molar-refractivity contribution is 6.09. The smallest absolute Gasteiger partial charge is 0.250 e. The van der Waals surface area contributed by atoms with Gasteiger partial charge < -0.3 is 10.2 Å². The molecule has 0 radical (unpaired) electrons. The molecule has 1 atom stereocenters. The lowest BCUT2D eigenvalue weighted by atomic mass is 9.90. The number of fused-ring (bicyclic) bond motifs is 1. The average molecular weight is 372 g/mol. The second-order valence-electron chi connectivity index (χ2n) is 8.31. The lowest BCUT2D eigenvalue weighted by Crippen LogP contribution is -2.61. The molecule has 1 unspecified atom stereocenters. The average Bonchev–Trinajstić information content (AvgIpc) is 2.63. The summed E-state index contributed by atoms with van der Waals surface area (Å²) < 4.78 is 0. The molecule has 2 aliphatic heterocycles. The van der Waals surface area contributed by atoms with Gasteiger partial charge in [0.15, 0.2) is 0 Å². The van der Waals surface area contributed by atoms with E-state index in [1.165, 1.54) is 57.8 Å². The maximum absolute atomic E-state index is 13.2. The molecular formula is C22H33N3O2. The third kappa shape index (κ3) is 5.08. The van der Waals surface area contributed by atoms with Crippen LogP contribution in [0, 0.1) is 0 Å². The zero-order valence-corrected chi connectivity index (χ0v) is 16.6. The van der Waals surface area contributed by atoms with Crippen LogP contribution in [0.2, 0.25) is 0 Å². The summed E-state index contributed by atoms with van der Waals surface area (Å²) in [6.07, 6.45) is 21.0. The SMILES string of the molecule is CC1(C(=O)NC2CCCCCCCCCCC2)CC(=O)N=C2C=CC=CN21. The van der Waals surface area contributed by atoms with E-state index in [1.807, 2.05) is 30.2 Å². The summed E-state index contributed by atoms with van der Waals surface area (Å²) in [7, 11) is 0. The summed E-state index contributed by atoms with van der Waals surface area (Å²) >= 11 is 0. The highest BCUT2D eigenvalue weighted by Crippen LogP contribution is 2.29. The van der Waals surface area contributed by atoms with Crippen LogP contribution in [0.4, 0.5) is 0 Å². The van der Waals surface area contributed by atoms with Gasteiger partial charge in [0.2, 0.25) is 5.91 Å². The Morgan fingerprint density at radius 2 is 1.63 bits per heavy atom. The molecule has 0 aromatic rings. The second-order valence-corrected chi connectivity index (χ2v) is 8.31. The van der Waals surface area contributed by atoms with Crippen LogP contribution in [0.15, 0.2) is 29.4 Å². The van der Waals surface area contributed by atoms with Crippen LogP contribution in [0.1, 0.15) is 84.0 Å². The van der Waals surface area contributed by atoms with E-state index in [2.05, 4.69) is 10.3 Å². The van der Waals surface area contributed by atoms with E-state index in [0.29, 0.717) is 5.84 Å². The second kappa shape index (κ2) is 9.34. The molecule has 0 aromatic heterocycles. The molecule has 2 amide bonds. The third-order valence-electron chi connectivity index (χ3n) is 6.03. The van der Waals surface area contributed by atoms with E-state index in [0.717, 1.165) is 12.8 Å². The monoisotopic (exact) mass is 371 g/mol. The molecule has 2 heterocycles. The molecule has 1 fully saturated rings. The molecule has 148 valence electrons. The zero-order chi connectivity index (χ0) is 19.1. The van der Waals surface area contributed by atoms with Gasteiger partial charge in [-0.25, -0.2) is 0 Å². The predicted octanol–water partition coefficient (Wildman–Crippen LogP) is 4.25. The van der Waals surface area contributed by atoms with Gasteiger partial charge in [0.1, 0.15) is 11.4 Å². The number of amides is 2. The maximum Gasteiger partial charge on any atom is 0.250 e. The van der Waals surface area contributed by atoms with Gasteiger partial charge in [0.25, 0.3) is 5.91 Å². The summed E-state index contributed by atoms with van der Waals surface area (Å²) in [5.41, 5.74) is -0.904. The van der Waals surface area contributed by atoms with Crippen molar-refractivity contribution in [2.45, 2.75) is 95.6 Å². The largest absolute Gasteiger partial charge is 0.351 e. The Hall–Kier alpha value is -1.91. The van der Waals surface area contributed by atoms with E-state index < -0.39 is 5.54 Å². The summed E-state index contributed by atoms with van der Waals surface area (Å²) in [5.74, 6) is 0.280. The van der Waals surface area contributed by atoms with Gasteiger partial charge in [-0.1, -0.05) is 63.9 Å². The molecule has 0 bridgehead atoms. The Labute approximate surface area is 163 Å². The van der Waals surface area contributed by atoms with Crippen LogP contribution in [-0.2, 0) is 9.59 Å². The fourth-order valence-electron chi connectivity index (χ4n) is 4.33. The van der Waals surface area contributed by atoms with Gasteiger partial charge in [-0.15, -0.1) is 0 Å². The molecule has 1 aliphatic carbocycles. The predicted molar refractivity (Wildman–Crippen MR) is 108 cm³/mol. The number of nitrogens with one attached hydrogen (secondary N) is 1. The number of nitrogens with zero attached hydrogens (tertiary/aromatic N) is 2. The Morgan fingerprint density at radius 1 is 1.04 bits per heavy atom. The normalized spacial score (nSPS) is 28.0. The van der Waals surface area contributed by atoms with Crippen molar-refractivity contribution in [2.75, 3.05) is 0 Å². The Morgan fingerprint density at radius 3 is 2.26 bits per heavy atom. The Kier molecular flexibility index (Phi) is 6.86. The quantitative estimate of drug-likeness (QED) is 0.789. The van der Waals surface area contributed by atoms with Crippen molar-refractivity contribution in [3.05, 3.63) is 24.4 Å². The first-order valence-electron chi connectivity index (χ1n) is 10.7. The Bertz CT molecular complexity index is 625. The van der Waals surface area contributed by atoms with E-state index in [4.69, 9.17) is 0 Å². The van der Waals surface area contributed by atoms with Crippen molar-refractivity contribution in [3.8, 4) is 0 Å². The molecule has 5 nitrogen and oxygen atoms in total. The topological polar surface area (TPSA) is 61.8 Å². The zero-order valence-electron chi connectivity index (χ0n) is 16.6. The van der Waals surface area contributed by atoms with Crippen LogP contribution < -0.4 is 5.32 Å². The van der Waals surface area contributed by atoms with Crippen LogP contribution >= 0.6 is 0 Å². The van der Waals surface area contributed by atoms with Crippen molar-refractivity contribution in [2.24, 2.45) is 4.99 Å². The first-order chi connectivity index (χ1) is 13.1. The fourth-order valence-corrected chi connectivity index (χ4v) is 4.33. The summed E-state index contributed by atoms with van der Waals surface area (Å²) in [6, 6.07) is 0.204. The number of carbonyl (C=O) groups is 2. The first kappa shape index (κ1) is 19.8. The number of rotatable bonds is 2. The molecule has 3 rings (SSSR count). The molecule has 0 aromatic carbocycles. The molecule has 27 heavy (non-hydrogen) atoms. The summed E-state index contributed by atoms with van der Waals surface area (Å²) in [6.45, 7) is 1.85. The molecule has 3 aliphatic rings. The number of amidine groups is 1. The lowest BCUT2D eigenvalue weighted by Gasteiger charge is -2.42. The van der Waals surface area contributed by atoms with Crippen molar-refractivity contribution < 1.29 is 9.59 Å². The van der Waals surface area contributed by atoms with E-state index in [9.17, 15) is 9.59 Å². The number of hydrogen-bond donors (Lipinski definition) is 1. The third-order valence-corrected chi connectivity index (χ3v) is 6.03. The van der Waals surface area contributed by atoms with Crippen LogP contribution in [-0.4, -0.2) is 34.1 Å². The molecular weight excluding hydrogens is 338 g/mol. The summed E-state index contributed by atoms with van der Waals surface area (Å²) in [5, 5.41) is 3.29. The summed E-state index contributed by atoms with van der Waals surface area (Å²) in [4.78, 5) is 31.3. The van der Waals surface area contributed by atoms with Crippen molar-refractivity contribution in [3.63, 3.8) is 0 Å². The van der Waals surface area contributed by atoms with Crippen molar-refractivity contribution in [1.82, 2.24) is 10.2 Å². The molecule has 0 spiro atoms. The highest BCUT2D eigenvalue weighted by Gasteiger charge is 2.45. The van der Waals surface area contributed by atoms with E-state index in [-0.39, 0.29) is 24.3 Å². The highest BCUT2D eigenvalue weighted by atomic mass is 16.2. The number of allylic oxidation sites excluding steroid dienone is 2. The Balaban J connectivity index is 1.66. The number of carbonyl (C=O) groups excluding carboxylic acids is 2. The molecule has 1 N–H and O–H groups in total. The van der Waals surface area contributed by atoms with Gasteiger partial charge in [-0.3, -0.25) is 9.59 Å². The van der Waals surface area contributed by atoms with Crippen molar-refractivity contribution in [1.29, 1.82) is 0 Å². The van der Waals surface area contributed by atoms with Crippen molar-refractivity contribution >= 4 is 17.6 Å². The minimum Gasteiger partial charge on any atom is -0.351 e. The van der Waals surface area contributed by atoms with Gasteiger partial charge in [0.05, 0.1) is 6.42 Å². The lowest BCUT2D eigenvalue weighted by molar-refractivity contribution is -0.135.